The molecule has 0 saturated carbocycles. The molecule has 1 heterocycles. The van der Waals surface area contributed by atoms with Crippen LogP contribution in [0.5, 0.6) is 11.5 Å². The summed E-state index contributed by atoms with van der Waals surface area (Å²) >= 11 is 6.03. The summed E-state index contributed by atoms with van der Waals surface area (Å²) in [5.41, 5.74) is 0.103. The lowest BCUT2D eigenvalue weighted by Gasteiger charge is -2.15. The third-order valence-electron chi connectivity index (χ3n) is 3.69. The third kappa shape index (κ3) is 3.25. The van der Waals surface area contributed by atoms with Gasteiger partial charge >= 0.3 is 0 Å². The minimum atomic E-state index is -4.06. The van der Waals surface area contributed by atoms with Gasteiger partial charge in [0.1, 0.15) is 22.8 Å². The van der Waals surface area contributed by atoms with Gasteiger partial charge in [-0.05, 0) is 24.3 Å². The van der Waals surface area contributed by atoms with Crippen molar-refractivity contribution in [1.29, 1.82) is 0 Å². The van der Waals surface area contributed by atoms with Crippen molar-refractivity contribution in [3.8, 4) is 11.5 Å². The highest BCUT2D eigenvalue weighted by Gasteiger charge is 2.22. The predicted octanol–water partition coefficient (Wildman–Crippen LogP) is 3.85. The van der Waals surface area contributed by atoms with Crippen LogP contribution in [0.2, 0.25) is 5.02 Å². The van der Waals surface area contributed by atoms with Gasteiger partial charge in [0.05, 0.1) is 29.8 Å². The lowest BCUT2D eigenvalue weighted by Crippen LogP contribution is -2.14. The summed E-state index contributed by atoms with van der Waals surface area (Å²) in [5.74, 6) is -0.120. The summed E-state index contributed by atoms with van der Waals surface area (Å²) in [5, 5.41) is 0.434. The van der Waals surface area contributed by atoms with E-state index in [-0.39, 0.29) is 38.0 Å². The van der Waals surface area contributed by atoms with Crippen molar-refractivity contribution in [3.05, 3.63) is 53.4 Å². The van der Waals surface area contributed by atoms with Crippen LogP contribution < -0.4 is 14.2 Å². The number of hydrogen-bond acceptors (Lipinski definition) is 5. The molecule has 0 aliphatic rings. The number of hydrogen-bond donors (Lipinski definition) is 1. The zero-order valence-electron chi connectivity index (χ0n) is 13.8. The molecule has 0 saturated heterocycles. The van der Waals surface area contributed by atoms with E-state index in [1.165, 1.54) is 50.7 Å². The minimum Gasteiger partial charge on any atom is -0.495 e. The Balaban J connectivity index is 2.13. The first kappa shape index (κ1) is 18.2. The number of rotatable bonds is 5. The van der Waals surface area contributed by atoms with Gasteiger partial charge in [-0.25, -0.2) is 12.8 Å². The van der Waals surface area contributed by atoms with E-state index in [1.807, 2.05) is 0 Å². The summed E-state index contributed by atoms with van der Waals surface area (Å²) in [7, 11) is -1.27. The first-order valence-electron chi connectivity index (χ1n) is 7.35. The van der Waals surface area contributed by atoms with Crippen LogP contribution in [0.1, 0.15) is 0 Å². The van der Waals surface area contributed by atoms with Gasteiger partial charge in [0.2, 0.25) is 0 Å². The number of nitrogens with one attached hydrogen (secondary N) is 1. The molecule has 3 rings (SSSR count). The number of halogens is 2. The average Bonchev–Trinajstić information content (AvgIpc) is 2.63. The number of nitrogens with zero attached hydrogens (tertiary/aromatic N) is 1. The number of ether oxygens (including phenoxy) is 2. The Hall–Kier alpha value is -2.58. The van der Waals surface area contributed by atoms with E-state index in [0.29, 0.717) is 0 Å². The van der Waals surface area contributed by atoms with E-state index in [1.54, 1.807) is 0 Å². The Morgan fingerprint density at radius 2 is 1.85 bits per heavy atom. The van der Waals surface area contributed by atoms with E-state index >= 15 is 0 Å². The average molecular weight is 397 g/mol. The quantitative estimate of drug-likeness (QED) is 0.708. The van der Waals surface area contributed by atoms with E-state index in [4.69, 9.17) is 21.1 Å². The van der Waals surface area contributed by atoms with Crippen molar-refractivity contribution < 1.29 is 22.3 Å². The van der Waals surface area contributed by atoms with Crippen LogP contribution in [0.25, 0.3) is 10.9 Å². The van der Waals surface area contributed by atoms with Gasteiger partial charge in [-0.15, -0.1) is 0 Å². The fraction of sp³-hybridized carbons (Fsp3) is 0.118. The molecule has 6 nitrogen and oxygen atoms in total. The molecule has 26 heavy (non-hydrogen) atoms. The second-order valence-electron chi connectivity index (χ2n) is 5.24. The predicted molar refractivity (Wildman–Crippen MR) is 97.1 cm³/mol. The van der Waals surface area contributed by atoms with Gasteiger partial charge in [-0.1, -0.05) is 11.6 Å². The van der Waals surface area contributed by atoms with E-state index in [2.05, 4.69) is 9.71 Å². The maximum absolute atomic E-state index is 13.9. The molecule has 0 aliphatic heterocycles. The maximum atomic E-state index is 13.9. The number of anilines is 1. The van der Waals surface area contributed by atoms with E-state index in [9.17, 15) is 12.8 Å². The highest BCUT2D eigenvalue weighted by Crippen LogP contribution is 2.37. The topological polar surface area (TPSA) is 77.5 Å². The first-order chi connectivity index (χ1) is 12.4. The zero-order valence-corrected chi connectivity index (χ0v) is 15.4. The van der Waals surface area contributed by atoms with Gasteiger partial charge in [0.25, 0.3) is 10.0 Å². The van der Waals surface area contributed by atoms with Crippen LogP contribution in [0.4, 0.5) is 10.1 Å². The lowest BCUT2D eigenvalue weighted by molar-refractivity contribution is 0.405. The van der Waals surface area contributed by atoms with Crippen molar-refractivity contribution >= 4 is 38.2 Å². The monoisotopic (exact) mass is 396 g/mol. The fourth-order valence-corrected chi connectivity index (χ4v) is 3.98. The Bertz CT molecular complexity index is 1090. The van der Waals surface area contributed by atoms with Crippen molar-refractivity contribution in [2.45, 2.75) is 4.90 Å². The molecule has 0 radical (unpaired) electrons. The molecule has 2 aromatic carbocycles. The molecule has 0 bridgehead atoms. The highest BCUT2D eigenvalue weighted by molar-refractivity contribution is 7.93. The van der Waals surface area contributed by atoms with Crippen molar-refractivity contribution in [2.24, 2.45) is 0 Å². The second-order valence-corrected chi connectivity index (χ2v) is 7.30. The maximum Gasteiger partial charge on any atom is 0.262 e. The number of sulfonamides is 1. The molecule has 0 unspecified atom stereocenters. The Kier molecular flexibility index (Phi) is 4.88. The van der Waals surface area contributed by atoms with Crippen LogP contribution in [-0.4, -0.2) is 27.6 Å². The molecule has 136 valence electrons. The summed E-state index contributed by atoms with van der Waals surface area (Å²) < 4.78 is 52.4. The minimum absolute atomic E-state index is 0.0315. The molecule has 9 heteroatoms. The van der Waals surface area contributed by atoms with Crippen LogP contribution in [0.3, 0.4) is 0 Å². The molecular formula is C17H14ClFN2O4S. The molecule has 1 N–H and O–H groups in total. The van der Waals surface area contributed by atoms with Crippen LogP contribution in [-0.2, 0) is 10.0 Å². The Morgan fingerprint density at radius 3 is 2.54 bits per heavy atom. The second kappa shape index (κ2) is 6.97. The van der Waals surface area contributed by atoms with Crippen molar-refractivity contribution in [3.63, 3.8) is 0 Å². The highest BCUT2D eigenvalue weighted by atomic mass is 35.5. The molecule has 0 spiro atoms. The Labute approximate surface area is 154 Å². The van der Waals surface area contributed by atoms with Gasteiger partial charge in [0.15, 0.2) is 0 Å². The van der Waals surface area contributed by atoms with Gasteiger partial charge < -0.3 is 9.47 Å². The summed E-state index contributed by atoms with van der Waals surface area (Å²) in [4.78, 5) is 3.79. The zero-order chi connectivity index (χ0) is 18.9. The van der Waals surface area contributed by atoms with Crippen molar-refractivity contribution in [1.82, 2.24) is 4.98 Å². The molecule has 0 aliphatic carbocycles. The largest absolute Gasteiger partial charge is 0.495 e. The summed E-state index contributed by atoms with van der Waals surface area (Å²) in [6.07, 6.45) is 1.39. The first-order valence-corrected chi connectivity index (χ1v) is 9.21. The molecule has 0 atom stereocenters. The molecule has 0 fully saturated rings. The molecule has 1 aromatic heterocycles. The van der Waals surface area contributed by atoms with Crippen molar-refractivity contribution in [2.75, 3.05) is 18.9 Å². The number of methoxy groups -OCH3 is 2. The van der Waals surface area contributed by atoms with Gasteiger partial charge in [0, 0.05) is 23.7 Å². The van der Waals surface area contributed by atoms with Crippen LogP contribution >= 0.6 is 11.6 Å². The number of aromatic nitrogens is 1. The smallest absolute Gasteiger partial charge is 0.262 e. The number of fused-ring (bicyclic) bond motifs is 1. The third-order valence-corrected chi connectivity index (χ3v) is 5.41. The van der Waals surface area contributed by atoms with Crippen LogP contribution in [0, 0.1) is 5.82 Å². The molecule has 0 amide bonds. The molecule has 3 aromatic rings. The van der Waals surface area contributed by atoms with E-state index in [0.717, 1.165) is 6.07 Å². The number of benzene rings is 2. The Morgan fingerprint density at radius 1 is 1.12 bits per heavy atom. The standard InChI is InChI=1S/C17H14ClFN2O4S/c1-24-14-9-13(15(25-2)8-11(14)18)21-26(22,23)16-6-5-12(19)17-10(16)4-3-7-20-17/h3-9,21H,1-2H3. The van der Waals surface area contributed by atoms with Gasteiger partial charge in [-0.3, -0.25) is 9.71 Å². The fourth-order valence-electron chi connectivity index (χ4n) is 2.49. The molecular weight excluding hydrogens is 383 g/mol. The summed E-state index contributed by atoms with van der Waals surface area (Å²) in [6.45, 7) is 0. The SMILES string of the molecule is COc1cc(NS(=O)(=O)c2ccc(F)c3ncccc23)c(OC)cc1Cl. The lowest BCUT2D eigenvalue weighted by atomic mass is 10.2. The van der Waals surface area contributed by atoms with E-state index < -0.39 is 15.8 Å². The summed E-state index contributed by atoms with van der Waals surface area (Å²) in [6, 6.07) is 8.10. The van der Waals surface area contributed by atoms with Gasteiger partial charge in [-0.2, -0.15) is 0 Å². The normalized spacial score (nSPS) is 11.4. The number of pyridine rings is 1. The van der Waals surface area contributed by atoms with Crippen LogP contribution in [0.15, 0.2) is 47.5 Å².